The van der Waals surface area contributed by atoms with Crippen LogP contribution >= 0.6 is 11.6 Å². The predicted octanol–water partition coefficient (Wildman–Crippen LogP) is 2.54. The van der Waals surface area contributed by atoms with Gasteiger partial charge in [-0.25, -0.2) is 0 Å². The van der Waals surface area contributed by atoms with Gasteiger partial charge in [-0.15, -0.1) is 0 Å². The lowest BCUT2D eigenvalue weighted by molar-refractivity contribution is 0.0888. The molecular formula is C21H33ClN4O3. The normalized spacial score (nSPS) is 22.2. The molecule has 1 aromatic carbocycles. The highest BCUT2D eigenvalue weighted by Gasteiger charge is 2.25. The maximum Gasteiger partial charge on any atom is 0.191 e. The van der Waals surface area contributed by atoms with Gasteiger partial charge in [0.1, 0.15) is 5.75 Å². The summed E-state index contributed by atoms with van der Waals surface area (Å²) in [4.78, 5) is 6.65. The zero-order valence-electron chi connectivity index (χ0n) is 17.5. The Labute approximate surface area is 178 Å². The number of guanidine groups is 1. The fraction of sp³-hybridized carbons (Fsp3) is 0.667. The smallest absolute Gasteiger partial charge is 0.191 e. The molecule has 0 aromatic heterocycles. The summed E-state index contributed by atoms with van der Waals surface area (Å²) < 4.78 is 16.6. The zero-order valence-corrected chi connectivity index (χ0v) is 18.2. The molecule has 0 saturated carbocycles. The molecule has 0 aliphatic carbocycles. The number of nitrogens with one attached hydrogen (secondary N) is 2. The van der Waals surface area contributed by atoms with E-state index in [0.717, 1.165) is 87.7 Å². The third kappa shape index (κ3) is 6.66. The molecular weight excluding hydrogens is 392 g/mol. The molecule has 7 nitrogen and oxygen atoms in total. The highest BCUT2D eigenvalue weighted by Crippen LogP contribution is 2.33. The Bertz CT molecular complexity index is 667. The Kier molecular flexibility index (Phi) is 8.70. The standard InChI is InChI=1S/C21H33ClN4O3/c1-23-21(24-8-3-10-28-14-16-7-11-29-15-16)25-18-6-9-26(13-18)19-12-17(22)4-5-20(19)27-2/h4-5,12,16,18H,3,6-11,13-15H2,1-2H3,(H2,23,24,25). The molecule has 0 bridgehead atoms. The molecule has 3 rings (SSSR count). The van der Waals surface area contributed by atoms with E-state index in [2.05, 4.69) is 20.5 Å². The largest absolute Gasteiger partial charge is 0.495 e. The molecule has 2 aliphatic heterocycles. The molecule has 1 aromatic rings. The van der Waals surface area contributed by atoms with E-state index in [1.54, 1.807) is 14.2 Å². The number of aliphatic imine (C=N–C) groups is 1. The van der Waals surface area contributed by atoms with Crippen LogP contribution in [0.1, 0.15) is 19.3 Å². The molecule has 2 aliphatic rings. The number of methoxy groups -OCH3 is 1. The van der Waals surface area contributed by atoms with Crippen LogP contribution in [-0.4, -0.2) is 72.2 Å². The van der Waals surface area contributed by atoms with Crippen LogP contribution in [0.3, 0.4) is 0 Å². The maximum absolute atomic E-state index is 6.18. The highest BCUT2D eigenvalue weighted by molar-refractivity contribution is 6.30. The fourth-order valence-corrected chi connectivity index (χ4v) is 3.91. The average Bonchev–Trinajstić information content (AvgIpc) is 3.41. The van der Waals surface area contributed by atoms with Crippen molar-refractivity contribution >= 4 is 23.2 Å². The summed E-state index contributed by atoms with van der Waals surface area (Å²) in [6, 6.07) is 6.06. The number of hydrogen-bond acceptors (Lipinski definition) is 5. The SMILES string of the molecule is CN=C(NCCCOCC1CCOC1)NC1CCN(c2cc(Cl)ccc2OC)C1. The fourth-order valence-electron chi connectivity index (χ4n) is 3.74. The van der Waals surface area contributed by atoms with Crippen LogP contribution in [0.25, 0.3) is 0 Å². The van der Waals surface area contributed by atoms with Crippen molar-refractivity contribution in [2.24, 2.45) is 10.9 Å². The summed E-state index contributed by atoms with van der Waals surface area (Å²) in [5.74, 6) is 2.25. The molecule has 2 N–H and O–H groups in total. The minimum absolute atomic E-state index is 0.323. The van der Waals surface area contributed by atoms with Crippen molar-refractivity contribution in [2.45, 2.75) is 25.3 Å². The van der Waals surface area contributed by atoms with E-state index >= 15 is 0 Å². The highest BCUT2D eigenvalue weighted by atomic mass is 35.5. The van der Waals surface area contributed by atoms with Gasteiger partial charge >= 0.3 is 0 Å². The summed E-state index contributed by atoms with van der Waals surface area (Å²) in [6.07, 6.45) is 3.10. The van der Waals surface area contributed by atoms with Gasteiger partial charge in [-0.1, -0.05) is 11.6 Å². The van der Waals surface area contributed by atoms with Crippen LogP contribution in [0.5, 0.6) is 5.75 Å². The summed E-state index contributed by atoms with van der Waals surface area (Å²) in [5.41, 5.74) is 1.04. The van der Waals surface area contributed by atoms with E-state index in [1.165, 1.54) is 0 Å². The monoisotopic (exact) mass is 424 g/mol. The van der Waals surface area contributed by atoms with E-state index in [-0.39, 0.29) is 0 Å². The number of halogens is 1. The quantitative estimate of drug-likeness (QED) is 0.361. The molecule has 0 spiro atoms. The molecule has 0 amide bonds. The molecule has 2 saturated heterocycles. The third-order valence-corrected chi connectivity index (χ3v) is 5.60. The number of benzene rings is 1. The van der Waals surface area contributed by atoms with Gasteiger partial charge in [-0.05, 0) is 37.5 Å². The lowest BCUT2D eigenvalue weighted by Crippen LogP contribution is -2.45. The number of anilines is 1. The average molecular weight is 425 g/mol. The number of nitrogens with zero attached hydrogens (tertiary/aromatic N) is 2. The van der Waals surface area contributed by atoms with E-state index in [0.29, 0.717) is 12.0 Å². The van der Waals surface area contributed by atoms with Gasteiger partial charge in [0.2, 0.25) is 0 Å². The minimum Gasteiger partial charge on any atom is -0.495 e. The van der Waals surface area contributed by atoms with Crippen molar-refractivity contribution in [1.82, 2.24) is 10.6 Å². The van der Waals surface area contributed by atoms with E-state index in [1.807, 2.05) is 18.2 Å². The van der Waals surface area contributed by atoms with Crippen LogP contribution in [0.15, 0.2) is 23.2 Å². The Balaban J connectivity index is 1.36. The first-order valence-electron chi connectivity index (χ1n) is 10.4. The topological polar surface area (TPSA) is 67.4 Å². The Morgan fingerprint density at radius 3 is 3.03 bits per heavy atom. The van der Waals surface area contributed by atoms with Crippen LogP contribution in [0.2, 0.25) is 5.02 Å². The minimum atomic E-state index is 0.323. The molecule has 29 heavy (non-hydrogen) atoms. The molecule has 162 valence electrons. The van der Waals surface area contributed by atoms with E-state index in [4.69, 9.17) is 25.8 Å². The van der Waals surface area contributed by atoms with Crippen molar-refractivity contribution in [3.8, 4) is 5.75 Å². The number of hydrogen-bond donors (Lipinski definition) is 2. The van der Waals surface area contributed by atoms with E-state index < -0.39 is 0 Å². The van der Waals surface area contributed by atoms with E-state index in [9.17, 15) is 0 Å². The van der Waals surface area contributed by atoms with Crippen molar-refractivity contribution < 1.29 is 14.2 Å². The molecule has 2 fully saturated rings. The second-order valence-electron chi connectivity index (χ2n) is 7.55. The van der Waals surface area contributed by atoms with Crippen molar-refractivity contribution in [3.63, 3.8) is 0 Å². The second kappa shape index (κ2) is 11.5. The Hall–Kier alpha value is -1.70. The lowest BCUT2D eigenvalue weighted by atomic mass is 10.1. The van der Waals surface area contributed by atoms with Gasteiger partial charge in [0.15, 0.2) is 5.96 Å². The lowest BCUT2D eigenvalue weighted by Gasteiger charge is -2.22. The van der Waals surface area contributed by atoms with Gasteiger partial charge in [0.05, 0.1) is 26.0 Å². The molecule has 2 atom stereocenters. The number of ether oxygens (including phenoxy) is 3. The molecule has 2 heterocycles. The van der Waals surface area contributed by atoms with Crippen LogP contribution in [0.4, 0.5) is 5.69 Å². The van der Waals surface area contributed by atoms with Crippen molar-refractivity contribution in [1.29, 1.82) is 0 Å². The second-order valence-corrected chi connectivity index (χ2v) is 7.99. The van der Waals surface area contributed by atoms with Gasteiger partial charge in [0, 0.05) is 56.9 Å². The number of rotatable bonds is 9. The maximum atomic E-state index is 6.18. The van der Waals surface area contributed by atoms with Crippen molar-refractivity contribution in [3.05, 3.63) is 23.2 Å². The summed E-state index contributed by atoms with van der Waals surface area (Å²) in [7, 11) is 3.49. The zero-order chi connectivity index (χ0) is 20.5. The first-order chi connectivity index (χ1) is 14.2. The predicted molar refractivity (Wildman–Crippen MR) is 117 cm³/mol. The summed E-state index contributed by atoms with van der Waals surface area (Å²) >= 11 is 6.18. The van der Waals surface area contributed by atoms with Crippen LogP contribution in [-0.2, 0) is 9.47 Å². The van der Waals surface area contributed by atoms with Gasteiger partial charge in [-0.3, -0.25) is 4.99 Å². The Morgan fingerprint density at radius 1 is 1.38 bits per heavy atom. The Morgan fingerprint density at radius 2 is 2.28 bits per heavy atom. The summed E-state index contributed by atoms with van der Waals surface area (Å²) in [5, 5.41) is 7.62. The van der Waals surface area contributed by atoms with Gasteiger partial charge < -0.3 is 29.7 Å². The van der Waals surface area contributed by atoms with Crippen LogP contribution < -0.4 is 20.3 Å². The third-order valence-electron chi connectivity index (χ3n) is 5.37. The molecule has 2 unspecified atom stereocenters. The van der Waals surface area contributed by atoms with Crippen LogP contribution in [0, 0.1) is 5.92 Å². The van der Waals surface area contributed by atoms with Gasteiger partial charge in [0.25, 0.3) is 0 Å². The van der Waals surface area contributed by atoms with Crippen molar-refractivity contribution in [2.75, 3.05) is 65.1 Å². The molecule has 8 heteroatoms. The first-order valence-corrected chi connectivity index (χ1v) is 10.8. The first kappa shape index (κ1) is 22.0. The molecule has 0 radical (unpaired) electrons. The summed E-state index contributed by atoms with van der Waals surface area (Å²) in [6.45, 7) is 5.94. The van der Waals surface area contributed by atoms with Gasteiger partial charge in [-0.2, -0.15) is 0 Å².